The first-order chi connectivity index (χ1) is 10.3. The number of rotatable bonds is 3. The van der Waals surface area contributed by atoms with Crippen molar-refractivity contribution in [3.05, 3.63) is 42.2 Å². The molecule has 3 rings (SSSR count). The van der Waals surface area contributed by atoms with Gasteiger partial charge in [-0.05, 0) is 43.2 Å². The Morgan fingerprint density at radius 1 is 1.22 bits per heavy atom. The van der Waals surface area contributed by atoms with E-state index in [4.69, 9.17) is 5.73 Å². The third-order valence-corrected chi connectivity index (χ3v) is 3.54. The molecule has 0 unspecified atom stereocenters. The summed E-state index contributed by atoms with van der Waals surface area (Å²) in [5.74, 6) is -0.282. The minimum absolute atomic E-state index is 0. The van der Waals surface area contributed by atoms with E-state index in [1.54, 1.807) is 0 Å². The number of benzene rings is 1. The molecule has 2 aromatic rings. The molecule has 23 heavy (non-hydrogen) atoms. The van der Waals surface area contributed by atoms with Crippen LogP contribution >= 0.6 is 12.4 Å². The molecule has 0 spiro atoms. The van der Waals surface area contributed by atoms with Gasteiger partial charge >= 0.3 is 6.18 Å². The SMILES string of the molecule is Cl.NC1(C(=O)Nc2ccc(-n3nccc3C(F)(F)F)cc2)CC1. The third-order valence-electron chi connectivity index (χ3n) is 3.54. The monoisotopic (exact) mass is 346 g/mol. The smallest absolute Gasteiger partial charge is 0.324 e. The highest BCUT2D eigenvalue weighted by Gasteiger charge is 2.45. The van der Waals surface area contributed by atoms with Crippen molar-refractivity contribution in [1.82, 2.24) is 9.78 Å². The second-order valence-electron chi connectivity index (χ2n) is 5.28. The van der Waals surface area contributed by atoms with Crippen LogP contribution in [0.2, 0.25) is 0 Å². The molecule has 1 fully saturated rings. The van der Waals surface area contributed by atoms with Gasteiger partial charge in [0.1, 0.15) is 5.69 Å². The fourth-order valence-electron chi connectivity index (χ4n) is 2.03. The lowest BCUT2D eigenvalue weighted by Gasteiger charge is -2.12. The van der Waals surface area contributed by atoms with Gasteiger partial charge in [-0.25, -0.2) is 4.68 Å². The number of amides is 1. The van der Waals surface area contributed by atoms with Gasteiger partial charge in [-0.15, -0.1) is 12.4 Å². The van der Waals surface area contributed by atoms with Crippen LogP contribution in [-0.2, 0) is 11.0 Å². The van der Waals surface area contributed by atoms with Gasteiger partial charge in [0.25, 0.3) is 0 Å². The van der Waals surface area contributed by atoms with Gasteiger partial charge in [0, 0.05) is 5.69 Å². The fraction of sp³-hybridized carbons (Fsp3) is 0.286. The number of anilines is 1. The Kier molecular flexibility index (Phi) is 4.41. The third kappa shape index (κ3) is 3.48. The van der Waals surface area contributed by atoms with Gasteiger partial charge in [0.05, 0.1) is 17.4 Å². The molecule has 0 saturated heterocycles. The topological polar surface area (TPSA) is 72.9 Å². The maximum atomic E-state index is 12.8. The summed E-state index contributed by atoms with van der Waals surface area (Å²) in [6.45, 7) is 0. The molecule has 1 aromatic carbocycles. The predicted molar refractivity (Wildman–Crippen MR) is 80.6 cm³/mol. The van der Waals surface area contributed by atoms with Crippen LogP contribution < -0.4 is 11.1 Å². The van der Waals surface area contributed by atoms with Crippen LogP contribution in [0.15, 0.2) is 36.5 Å². The Labute approximate surface area is 136 Å². The first-order valence-corrected chi connectivity index (χ1v) is 6.62. The molecular formula is C14H14ClF3N4O. The number of hydrogen-bond acceptors (Lipinski definition) is 3. The number of nitrogens with two attached hydrogens (primary N) is 1. The molecule has 0 bridgehead atoms. The lowest BCUT2D eigenvalue weighted by molar-refractivity contribution is -0.142. The maximum Gasteiger partial charge on any atom is 0.433 e. The van der Waals surface area contributed by atoms with E-state index in [9.17, 15) is 18.0 Å². The quantitative estimate of drug-likeness (QED) is 0.897. The van der Waals surface area contributed by atoms with E-state index < -0.39 is 17.4 Å². The summed E-state index contributed by atoms with van der Waals surface area (Å²) in [6, 6.07) is 6.84. The average molecular weight is 347 g/mol. The van der Waals surface area contributed by atoms with E-state index in [1.807, 2.05) is 0 Å². The minimum atomic E-state index is -4.48. The number of alkyl halides is 3. The molecule has 9 heteroatoms. The Bertz CT molecular complexity index is 708. The number of carbonyl (C=O) groups is 1. The largest absolute Gasteiger partial charge is 0.433 e. The van der Waals surface area contributed by atoms with Crippen LogP contribution in [0.25, 0.3) is 5.69 Å². The lowest BCUT2D eigenvalue weighted by atomic mass is 10.2. The molecule has 5 nitrogen and oxygen atoms in total. The van der Waals surface area contributed by atoms with Crippen molar-refractivity contribution in [2.75, 3.05) is 5.32 Å². The Balaban J connectivity index is 0.00000192. The van der Waals surface area contributed by atoms with Gasteiger partial charge < -0.3 is 11.1 Å². The summed E-state index contributed by atoms with van der Waals surface area (Å²) in [6.07, 6.45) is -2.12. The van der Waals surface area contributed by atoms with Crippen LogP contribution in [0.4, 0.5) is 18.9 Å². The summed E-state index contributed by atoms with van der Waals surface area (Å²) in [5.41, 5.74) is 4.83. The average Bonchev–Trinajstić information content (AvgIpc) is 3.02. The van der Waals surface area contributed by atoms with E-state index in [-0.39, 0.29) is 24.0 Å². The molecule has 3 N–H and O–H groups in total. The first kappa shape index (κ1) is 17.3. The molecule has 0 aliphatic heterocycles. The standard InChI is InChI=1S/C14H13F3N4O.ClH/c15-14(16,17)11-5-8-19-21(11)10-3-1-9(2-4-10)20-12(22)13(18)6-7-13;/h1-5,8H,6-7,18H2,(H,20,22);1H. The highest BCUT2D eigenvalue weighted by Crippen LogP contribution is 2.33. The number of halogens is 4. The Hall–Kier alpha value is -2.06. The first-order valence-electron chi connectivity index (χ1n) is 6.62. The van der Waals surface area contributed by atoms with E-state index >= 15 is 0 Å². The van der Waals surface area contributed by atoms with Crippen LogP contribution in [0, 0.1) is 0 Å². The van der Waals surface area contributed by atoms with Gasteiger partial charge in [-0.1, -0.05) is 0 Å². The lowest BCUT2D eigenvalue weighted by Crippen LogP contribution is -2.37. The number of hydrogen-bond donors (Lipinski definition) is 2. The van der Waals surface area contributed by atoms with Crippen LogP contribution in [0.5, 0.6) is 0 Å². The number of aromatic nitrogens is 2. The summed E-state index contributed by atoms with van der Waals surface area (Å²) in [4.78, 5) is 11.8. The van der Waals surface area contributed by atoms with Gasteiger partial charge in [0.15, 0.2) is 0 Å². The molecule has 1 amide bonds. The van der Waals surface area contributed by atoms with Gasteiger partial charge in [-0.2, -0.15) is 18.3 Å². The zero-order valence-electron chi connectivity index (χ0n) is 11.8. The summed E-state index contributed by atoms with van der Waals surface area (Å²) in [5, 5.41) is 6.33. The maximum absolute atomic E-state index is 12.8. The van der Waals surface area contributed by atoms with Crippen LogP contribution in [0.1, 0.15) is 18.5 Å². The molecule has 0 radical (unpaired) electrons. The minimum Gasteiger partial charge on any atom is -0.324 e. The highest BCUT2D eigenvalue weighted by atomic mass is 35.5. The van der Waals surface area contributed by atoms with Crippen molar-refractivity contribution in [3.63, 3.8) is 0 Å². The van der Waals surface area contributed by atoms with Crippen molar-refractivity contribution in [2.45, 2.75) is 24.6 Å². The molecule has 1 aliphatic carbocycles. The number of carbonyl (C=O) groups excluding carboxylic acids is 1. The zero-order chi connectivity index (χ0) is 16.0. The normalized spacial score (nSPS) is 15.7. The van der Waals surface area contributed by atoms with Crippen LogP contribution in [-0.4, -0.2) is 21.2 Å². The van der Waals surface area contributed by atoms with Crippen molar-refractivity contribution in [2.24, 2.45) is 5.73 Å². The van der Waals surface area contributed by atoms with Crippen molar-refractivity contribution in [1.29, 1.82) is 0 Å². The molecule has 1 saturated carbocycles. The Morgan fingerprint density at radius 3 is 2.35 bits per heavy atom. The van der Waals surface area contributed by atoms with Crippen molar-refractivity contribution < 1.29 is 18.0 Å². The molecule has 1 heterocycles. The fourth-order valence-corrected chi connectivity index (χ4v) is 2.03. The summed E-state index contributed by atoms with van der Waals surface area (Å²) >= 11 is 0. The second kappa shape index (κ2) is 5.86. The van der Waals surface area contributed by atoms with E-state index in [0.717, 1.165) is 16.9 Å². The molecular weight excluding hydrogens is 333 g/mol. The summed E-state index contributed by atoms with van der Waals surface area (Å²) in [7, 11) is 0. The van der Waals surface area contributed by atoms with E-state index in [0.29, 0.717) is 18.5 Å². The zero-order valence-corrected chi connectivity index (χ0v) is 12.6. The number of nitrogens with one attached hydrogen (secondary N) is 1. The summed E-state index contributed by atoms with van der Waals surface area (Å²) < 4.78 is 39.3. The van der Waals surface area contributed by atoms with E-state index in [2.05, 4.69) is 10.4 Å². The van der Waals surface area contributed by atoms with Crippen LogP contribution in [0.3, 0.4) is 0 Å². The molecule has 124 valence electrons. The van der Waals surface area contributed by atoms with Gasteiger partial charge in [-0.3, -0.25) is 4.79 Å². The Morgan fingerprint density at radius 2 is 1.83 bits per heavy atom. The van der Waals surface area contributed by atoms with Gasteiger partial charge in [0.2, 0.25) is 5.91 Å². The second-order valence-corrected chi connectivity index (χ2v) is 5.28. The van der Waals surface area contributed by atoms with E-state index in [1.165, 1.54) is 24.3 Å². The highest BCUT2D eigenvalue weighted by molar-refractivity contribution is 6.00. The van der Waals surface area contributed by atoms with Crippen molar-refractivity contribution >= 4 is 24.0 Å². The number of nitrogens with zero attached hydrogens (tertiary/aromatic N) is 2. The molecule has 0 atom stereocenters. The molecule has 1 aliphatic rings. The predicted octanol–water partition coefficient (Wildman–Crippen LogP) is 2.74. The van der Waals surface area contributed by atoms with Crippen molar-refractivity contribution in [3.8, 4) is 5.69 Å². The molecule has 1 aromatic heterocycles.